The highest BCUT2D eigenvalue weighted by Gasteiger charge is 2.29. The summed E-state index contributed by atoms with van der Waals surface area (Å²) in [7, 11) is 1.72. The molecule has 0 rings (SSSR count). The quantitative estimate of drug-likeness (QED) is 0.645. The summed E-state index contributed by atoms with van der Waals surface area (Å²) in [6, 6.07) is 0.0509. The molecule has 0 amide bonds. The van der Waals surface area contributed by atoms with Crippen molar-refractivity contribution >= 4 is 0 Å². The molecule has 0 saturated carbocycles. The Balaban J connectivity index is 4.21. The van der Waals surface area contributed by atoms with Gasteiger partial charge in [-0.25, -0.2) is 0 Å². The highest BCUT2D eigenvalue weighted by atomic mass is 16.5. The maximum atomic E-state index is 6.06. The van der Waals surface area contributed by atoms with Gasteiger partial charge in [0.15, 0.2) is 0 Å². The lowest BCUT2D eigenvalue weighted by Crippen LogP contribution is -2.46. The van der Waals surface area contributed by atoms with Crippen molar-refractivity contribution in [2.24, 2.45) is 5.73 Å². The van der Waals surface area contributed by atoms with Gasteiger partial charge in [-0.05, 0) is 26.2 Å². The minimum absolute atomic E-state index is 0.0509. The fourth-order valence-corrected chi connectivity index (χ4v) is 1.23. The zero-order valence-electron chi connectivity index (χ0n) is 9.39. The van der Waals surface area contributed by atoms with Crippen LogP contribution in [-0.4, -0.2) is 18.8 Å². The Morgan fingerprint density at radius 3 is 2.38 bits per heavy atom. The normalized spacial score (nSPS) is 17.9. The molecule has 2 nitrogen and oxygen atoms in total. The molecule has 0 aliphatic heterocycles. The SMILES string of the molecule is C=C(CC)CC(N)C(C)(CC)OC. The van der Waals surface area contributed by atoms with Gasteiger partial charge in [-0.1, -0.05) is 26.0 Å². The van der Waals surface area contributed by atoms with E-state index in [2.05, 4.69) is 27.4 Å². The minimum atomic E-state index is -0.210. The highest BCUT2D eigenvalue weighted by molar-refractivity contribution is 5.00. The van der Waals surface area contributed by atoms with Crippen molar-refractivity contribution in [1.82, 2.24) is 0 Å². The Morgan fingerprint density at radius 2 is 2.08 bits per heavy atom. The smallest absolute Gasteiger partial charge is 0.0801 e. The fraction of sp³-hybridized carbons (Fsp3) is 0.818. The molecular weight excluding hydrogens is 162 g/mol. The summed E-state index contributed by atoms with van der Waals surface area (Å²) in [5.74, 6) is 0. The summed E-state index contributed by atoms with van der Waals surface area (Å²) in [6.07, 6.45) is 2.79. The van der Waals surface area contributed by atoms with Crippen molar-refractivity contribution in [1.29, 1.82) is 0 Å². The molecule has 78 valence electrons. The molecule has 0 saturated heterocycles. The second-order valence-corrected chi connectivity index (χ2v) is 3.78. The first-order valence-corrected chi connectivity index (χ1v) is 4.97. The third-order valence-corrected chi connectivity index (χ3v) is 2.96. The fourth-order valence-electron chi connectivity index (χ4n) is 1.23. The monoisotopic (exact) mass is 185 g/mol. The summed E-state index contributed by atoms with van der Waals surface area (Å²) in [5.41, 5.74) is 7.05. The van der Waals surface area contributed by atoms with Crippen molar-refractivity contribution in [2.75, 3.05) is 7.11 Å². The molecule has 0 spiro atoms. The first-order valence-electron chi connectivity index (χ1n) is 4.97. The van der Waals surface area contributed by atoms with Gasteiger partial charge in [-0.2, -0.15) is 0 Å². The summed E-state index contributed by atoms with van der Waals surface area (Å²) in [5, 5.41) is 0. The highest BCUT2D eigenvalue weighted by Crippen LogP contribution is 2.22. The van der Waals surface area contributed by atoms with E-state index in [1.807, 2.05) is 0 Å². The molecule has 2 N–H and O–H groups in total. The molecule has 0 aromatic rings. The van der Waals surface area contributed by atoms with Crippen LogP contribution < -0.4 is 5.73 Å². The second kappa shape index (κ2) is 5.40. The predicted molar refractivity (Wildman–Crippen MR) is 57.7 cm³/mol. The Kier molecular flexibility index (Phi) is 5.26. The lowest BCUT2D eigenvalue weighted by atomic mass is 9.89. The van der Waals surface area contributed by atoms with Crippen molar-refractivity contribution in [3.63, 3.8) is 0 Å². The van der Waals surface area contributed by atoms with Crippen molar-refractivity contribution in [2.45, 2.75) is 51.7 Å². The largest absolute Gasteiger partial charge is 0.377 e. The molecule has 0 aromatic heterocycles. The number of methoxy groups -OCH3 is 1. The number of hydrogen-bond acceptors (Lipinski definition) is 2. The van der Waals surface area contributed by atoms with Gasteiger partial charge in [0.05, 0.1) is 5.60 Å². The first kappa shape index (κ1) is 12.7. The molecule has 2 heteroatoms. The third kappa shape index (κ3) is 3.49. The van der Waals surface area contributed by atoms with Gasteiger partial charge in [0.2, 0.25) is 0 Å². The van der Waals surface area contributed by atoms with Crippen LogP contribution in [0, 0.1) is 0 Å². The van der Waals surface area contributed by atoms with Crippen LogP contribution in [0.15, 0.2) is 12.2 Å². The summed E-state index contributed by atoms with van der Waals surface area (Å²) in [6.45, 7) is 10.2. The number of ether oxygens (including phenoxy) is 1. The van der Waals surface area contributed by atoms with Crippen LogP contribution in [0.4, 0.5) is 0 Å². The van der Waals surface area contributed by atoms with Gasteiger partial charge in [-0.15, -0.1) is 0 Å². The Labute approximate surface area is 82.2 Å². The standard InChI is InChI=1S/C11H23NO/c1-6-9(3)8-10(12)11(4,7-2)13-5/h10H,3,6-8,12H2,1-2,4-5H3. The molecule has 0 aliphatic rings. The Morgan fingerprint density at radius 1 is 1.54 bits per heavy atom. The van der Waals surface area contributed by atoms with E-state index >= 15 is 0 Å². The molecule has 13 heavy (non-hydrogen) atoms. The van der Waals surface area contributed by atoms with E-state index in [9.17, 15) is 0 Å². The zero-order chi connectivity index (χ0) is 10.5. The van der Waals surface area contributed by atoms with E-state index in [1.54, 1.807) is 7.11 Å². The average Bonchev–Trinajstić information content (AvgIpc) is 2.16. The molecule has 0 bridgehead atoms. The maximum Gasteiger partial charge on any atom is 0.0801 e. The van der Waals surface area contributed by atoms with Gasteiger partial charge in [0.1, 0.15) is 0 Å². The van der Waals surface area contributed by atoms with Gasteiger partial charge >= 0.3 is 0 Å². The first-order chi connectivity index (χ1) is 6.00. The lowest BCUT2D eigenvalue weighted by Gasteiger charge is -2.33. The van der Waals surface area contributed by atoms with Crippen LogP contribution in [0.3, 0.4) is 0 Å². The van der Waals surface area contributed by atoms with Crippen LogP contribution in [0.2, 0.25) is 0 Å². The van der Waals surface area contributed by atoms with Gasteiger partial charge < -0.3 is 10.5 Å². The lowest BCUT2D eigenvalue weighted by molar-refractivity contribution is -0.0185. The molecule has 0 heterocycles. The van der Waals surface area contributed by atoms with Crippen LogP contribution in [0.1, 0.15) is 40.0 Å². The molecule has 2 atom stereocenters. The maximum absolute atomic E-state index is 6.06. The Bertz CT molecular complexity index is 161. The predicted octanol–water partition coefficient (Wildman–Crippen LogP) is 2.49. The van der Waals surface area contributed by atoms with E-state index in [0.717, 1.165) is 19.3 Å². The molecule has 0 aliphatic carbocycles. The zero-order valence-corrected chi connectivity index (χ0v) is 9.39. The van der Waals surface area contributed by atoms with E-state index in [1.165, 1.54) is 5.57 Å². The number of hydrogen-bond donors (Lipinski definition) is 1. The molecule has 2 unspecified atom stereocenters. The Hall–Kier alpha value is -0.340. The molecule has 0 fully saturated rings. The van der Waals surface area contributed by atoms with Crippen LogP contribution in [0.25, 0.3) is 0 Å². The summed E-state index contributed by atoms with van der Waals surface area (Å²) < 4.78 is 5.43. The van der Waals surface area contributed by atoms with E-state index in [0.29, 0.717) is 0 Å². The second-order valence-electron chi connectivity index (χ2n) is 3.78. The van der Waals surface area contributed by atoms with Gasteiger partial charge in [-0.3, -0.25) is 0 Å². The van der Waals surface area contributed by atoms with E-state index in [-0.39, 0.29) is 11.6 Å². The van der Waals surface area contributed by atoms with Crippen molar-refractivity contribution in [3.05, 3.63) is 12.2 Å². The van der Waals surface area contributed by atoms with Crippen LogP contribution >= 0.6 is 0 Å². The van der Waals surface area contributed by atoms with E-state index < -0.39 is 0 Å². The topological polar surface area (TPSA) is 35.2 Å². The molecule has 0 radical (unpaired) electrons. The molecular formula is C11H23NO. The van der Waals surface area contributed by atoms with Crippen molar-refractivity contribution < 1.29 is 4.74 Å². The van der Waals surface area contributed by atoms with E-state index in [4.69, 9.17) is 10.5 Å². The van der Waals surface area contributed by atoms with Crippen molar-refractivity contribution in [3.8, 4) is 0 Å². The minimum Gasteiger partial charge on any atom is -0.377 e. The summed E-state index contributed by atoms with van der Waals surface area (Å²) in [4.78, 5) is 0. The average molecular weight is 185 g/mol. The van der Waals surface area contributed by atoms with Crippen LogP contribution in [-0.2, 0) is 4.74 Å². The number of nitrogens with two attached hydrogens (primary N) is 1. The third-order valence-electron chi connectivity index (χ3n) is 2.96. The number of rotatable bonds is 6. The molecule has 0 aromatic carbocycles. The van der Waals surface area contributed by atoms with Crippen LogP contribution in [0.5, 0.6) is 0 Å². The summed E-state index contributed by atoms with van der Waals surface area (Å²) >= 11 is 0. The van der Waals surface area contributed by atoms with Gasteiger partial charge in [0.25, 0.3) is 0 Å². The van der Waals surface area contributed by atoms with Gasteiger partial charge in [0, 0.05) is 13.2 Å².